The molecular weight excluding hydrogens is 352 g/mol. The molecule has 0 spiro atoms. The van der Waals surface area contributed by atoms with Crippen molar-refractivity contribution in [1.82, 2.24) is 4.90 Å². The van der Waals surface area contributed by atoms with E-state index in [0.29, 0.717) is 5.02 Å². The molecule has 23 heavy (non-hydrogen) atoms. The standard InChI is InChI=1S/C18H17ClFNS.ClH/c1-21(2)9-3-4-14-15-10-12(19)5-7-17(15)22-18-8-6-13(20)11-16(14)18;/h4-8,10-11H,3,9H2,1-2H3;1H/b14-4-;. The third-order valence-electron chi connectivity index (χ3n) is 3.61. The van der Waals surface area contributed by atoms with Crippen molar-refractivity contribution in [3.8, 4) is 0 Å². The molecule has 5 heteroatoms. The summed E-state index contributed by atoms with van der Waals surface area (Å²) in [6.07, 6.45) is 3.10. The minimum absolute atomic E-state index is 0. The van der Waals surface area contributed by atoms with Crippen molar-refractivity contribution in [3.63, 3.8) is 0 Å². The molecule has 1 aliphatic heterocycles. The second kappa shape index (κ2) is 7.71. The molecule has 0 unspecified atom stereocenters. The summed E-state index contributed by atoms with van der Waals surface area (Å²) >= 11 is 7.83. The number of fused-ring (bicyclic) bond motifs is 2. The van der Waals surface area contributed by atoms with Crippen LogP contribution in [0.15, 0.2) is 52.3 Å². The van der Waals surface area contributed by atoms with Gasteiger partial charge in [0.25, 0.3) is 0 Å². The Morgan fingerprint density at radius 1 is 1.09 bits per heavy atom. The van der Waals surface area contributed by atoms with Gasteiger partial charge in [-0.2, -0.15) is 0 Å². The molecule has 1 heterocycles. The van der Waals surface area contributed by atoms with E-state index < -0.39 is 0 Å². The van der Waals surface area contributed by atoms with Crippen LogP contribution in [0.2, 0.25) is 5.02 Å². The number of rotatable bonds is 3. The first kappa shape index (κ1) is 18.3. The molecule has 0 amide bonds. The third-order valence-corrected chi connectivity index (χ3v) is 5.00. The molecule has 0 radical (unpaired) electrons. The topological polar surface area (TPSA) is 3.24 Å². The monoisotopic (exact) mass is 369 g/mol. The molecule has 2 aromatic carbocycles. The van der Waals surface area contributed by atoms with E-state index in [1.807, 2.05) is 38.4 Å². The maximum Gasteiger partial charge on any atom is 0.123 e. The third kappa shape index (κ3) is 4.10. The highest BCUT2D eigenvalue weighted by molar-refractivity contribution is 7.99. The van der Waals surface area contributed by atoms with E-state index in [1.54, 1.807) is 17.8 Å². The predicted molar refractivity (Wildman–Crippen MR) is 99.5 cm³/mol. The average molecular weight is 370 g/mol. The van der Waals surface area contributed by atoms with E-state index >= 15 is 0 Å². The van der Waals surface area contributed by atoms with Crippen molar-refractivity contribution in [1.29, 1.82) is 0 Å². The van der Waals surface area contributed by atoms with Crippen LogP contribution in [-0.4, -0.2) is 25.5 Å². The molecule has 122 valence electrons. The quantitative estimate of drug-likeness (QED) is 0.578. The van der Waals surface area contributed by atoms with Gasteiger partial charge in [0.05, 0.1) is 0 Å². The van der Waals surface area contributed by atoms with Gasteiger partial charge in [-0.3, -0.25) is 0 Å². The molecular formula is C18H18Cl2FNS. The van der Waals surface area contributed by atoms with Crippen molar-refractivity contribution in [2.24, 2.45) is 0 Å². The van der Waals surface area contributed by atoms with Gasteiger partial charge >= 0.3 is 0 Å². The fourth-order valence-corrected chi connectivity index (χ4v) is 3.79. The first-order chi connectivity index (χ1) is 10.5. The Hall–Kier alpha value is -1.000. The van der Waals surface area contributed by atoms with Crippen LogP contribution in [0.3, 0.4) is 0 Å². The SMILES string of the molecule is CN(C)CC/C=C1\c2cc(F)ccc2Sc2ccc(Cl)cc21.Cl. The van der Waals surface area contributed by atoms with E-state index in [1.165, 1.54) is 11.0 Å². The second-order valence-corrected chi connectivity index (χ2v) is 7.11. The van der Waals surface area contributed by atoms with E-state index in [4.69, 9.17) is 11.6 Å². The van der Waals surface area contributed by atoms with Gasteiger partial charge in [-0.15, -0.1) is 12.4 Å². The first-order valence-electron chi connectivity index (χ1n) is 7.17. The molecule has 0 N–H and O–H groups in total. The molecule has 0 aliphatic carbocycles. The Balaban J connectivity index is 0.00000192. The summed E-state index contributed by atoms with van der Waals surface area (Å²) in [4.78, 5) is 4.40. The van der Waals surface area contributed by atoms with Gasteiger partial charge in [-0.25, -0.2) is 4.39 Å². The summed E-state index contributed by atoms with van der Waals surface area (Å²) in [5.41, 5.74) is 3.13. The summed E-state index contributed by atoms with van der Waals surface area (Å²) in [5.74, 6) is -0.205. The summed E-state index contributed by atoms with van der Waals surface area (Å²) in [6, 6.07) is 10.9. The fraction of sp³-hybridized carbons (Fsp3) is 0.222. The minimum Gasteiger partial charge on any atom is -0.309 e. The zero-order valence-electron chi connectivity index (χ0n) is 13.0. The highest BCUT2D eigenvalue weighted by Gasteiger charge is 2.21. The van der Waals surface area contributed by atoms with Crippen LogP contribution in [0.1, 0.15) is 17.5 Å². The lowest BCUT2D eigenvalue weighted by Gasteiger charge is -2.22. The fourth-order valence-electron chi connectivity index (χ4n) is 2.55. The molecule has 0 aromatic heterocycles. The van der Waals surface area contributed by atoms with Crippen LogP contribution >= 0.6 is 35.8 Å². The second-order valence-electron chi connectivity index (χ2n) is 5.59. The molecule has 0 saturated carbocycles. The van der Waals surface area contributed by atoms with E-state index in [2.05, 4.69) is 11.0 Å². The van der Waals surface area contributed by atoms with Gasteiger partial charge in [-0.05, 0) is 73.6 Å². The molecule has 0 fully saturated rings. The van der Waals surface area contributed by atoms with Crippen molar-refractivity contribution in [3.05, 3.63) is 64.4 Å². The molecule has 1 aliphatic rings. The summed E-state index contributed by atoms with van der Waals surface area (Å²) < 4.78 is 13.7. The van der Waals surface area contributed by atoms with Crippen molar-refractivity contribution in [2.75, 3.05) is 20.6 Å². The summed E-state index contributed by atoms with van der Waals surface area (Å²) in [5, 5.41) is 0.706. The Morgan fingerprint density at radius 2 is 1.74 bits per heavy atom. The van der Waals surface area contributed by atoms with Crippen molar-refractivity contribution in [2.45, 2.75) is 16.2 Å². The summed E-state index contributed by atoms with van der Waals surface area (Å²) in [6.45, 7) is 0.956. The Bertz CT molecular complexity index is 690. The van der Waals surface area contributed by atoms with Gasteiger partial charge in [0.15, 0.2) is 0 Å². The lowest BCUT2D eigenvalue weighted by Crippen LogP contribution is -2.12. The first-order valence-corrected chi connectivity index (χ1v) is 8.36. The smallest absolute Gasteiger partial charge is 0.123 e. The summed E-state index contributed by atoms with van der Waals surface area (Å²) in [7, 11) is 4.10. The van der Waals surface area contributed by atoms with Crippen LogP contribution in [0.4, 0.5) is 4.39 Å². The van der Waals surface area contributed by atoms with Gasteiger partial charge in [0.1, 0.15) is 5.82 Å². The maximum atomic E-state index is 13.7. The van der Waals surface area contributed by atoms with Gasteiger partial charge in [-0.1, -0.05) is 29.4 Å². The number of benzene rings is 2. The number of hydrogen-bond acceptors (Lipinski definition) is 2. The zero-order valence-corrected chi connectivity index (χ0v) is 15.4. The van der Waals surface area contributed by atoms with E-state index in [0.717, 1.165) is 34.6 Å². The van der Waals surface area contributed by atoms with Crippen LogP contribution in [0, 0.1) is 5.82 Å². The lowest BCUT2D eigenvalue weighted by atomic mass is 9.96. The molecule has 0 atom stereocenters. The van der Waals surface area contributed by atoms with Crippen molar-refractivity contribution >= 4 is 41.3 Å². The predicted octanol–water partition coefficient (Wildman–Crippen LogP) is 5.75. The van der Waals surface area contributed by atoms with Gasteiger partial charge in [0.2, 0.25) is 0 Å². The van der Waals surface area contributed by atoms with E-state index in [9.17, 15) is 4.39 Å². The highest BCUT2D eigenvalue weighted by Crippen LogP contribution is 2.46. The Labute approximate surface area is 151 Å². The zero-order chi connectivity index (χ0) is 15.7. The van der Waals surface area contributed by atoms with Gasteiger partial charge in [0, 0.05) is 21.4 Å². The lowest BCUT2D eigenvalue weighted by molar-refractivity contribution is 0.417. The van der Waals surface area contributed by atoms with E-state index in [-0.39, 0.29) is 18.2 Å². The van der Waals surface area contributed by atoms with Crippen LogP contribution in [0.5, 0.6) is 0 Å². The largest absolute Gasteiger partial charge is 0.309 e. The van der Waals surface area contributed by atoms with Crippen LogP contribution in [-0.2, 0) is 0 Å². The number of hydrogen-bond donors (Lipinski definition) is 0. The van der Waals surface area contributed by atoms with Crippen molar-refractivity contribution < 1.29 is 4.39 Å². The Kier molecular flexibility index (Phi) is 6.15. The molecule has 0 bridgehead atoms. The number of halogens is 3. The molecule has 3 rings (SSSR count). The normalized spacial score (nSPS) is 14.4. The van der Waals surface area contributed by atoms with Gasteiger partial charge < -0.3 is 4.90 Å². The Morgan fingerprint density at radius 3 is 2.43 bits per heavy atom. The minimum atomic E-state index is -0.205. The number of nitrogens with zero attached hydrogens (tertiary/aromatic N) is 1. The molecule has 1 nitrogen and oxygen atoms in total. The van der Waals surface area contributed by atoms with Crippen LogP contribution in [0.25, 0.3) is 5.57 Å². The average Bonchev–Trinajstić information content (AvgIpc) is 2.47. The maximum absolute atomic E-state index is 13.7. The molecule has 2 aromatic rings. The highest BCUT2D eigenvalue weighted by atomic mass is 35.5. The van der Waals surface area contributed by atoms with Crippen LogP contribution < -0.4 is 0 Å². The molecule has 0 saturated heterocycles.